The predicted octanol–water partition coefficient (Wildman–Crippen LogP) is 16.3. The summed E-state index contributed by atoms with van der Waals surface area (Å²) in [6, 6.07) is 88.5. The van der Waals surface area contributed by atoms with Gasteiger partial charge in [-0.25, -0.2) is 4.98 Å². The van der Waals surface area contributed by atoms with Crippen LogP contribution in [0.3, 0.4) is 0 Å². The Hall–Kier alpha value is -7.85. The molecule has 296 valence electrons. The van der Waals surface area contributed by atoms with Crippen LogP contribution in [0.15, 0.2) is 243 Å². The molecule has 0 saturated carbocycles. The number of rotatable bonds is 8. The maximum Gasteiger partial charge on any atom is 0.124 e. The summed E-state index contributed by atoms with van der Waals surface area (Å²) in [4.78, 5) is 7.58. The molecule has 0 unspecified atom stereocenters. The molecule has 0 radical (unpaired) electrons. The van der Waals surface area contributed by atoms with Gasteiger partial charge in [-0.3, -0.25) is 0 Å². The highest BCUT2D eigenvalue weighted by Gasteiger charge is 2.46. The van der Waals surface area contributed by atoms with Gasteiger partial charge >= 0.3 is 0 Å². The van der Waals surface area contributed by atoms with Crippen LogP contribution in [0.2, 0.25) is 0 Å². The van der Waals surface area contributed by atoms with Gasteiger partial charge in [-0.15, -0.1) is 11.3 Å². The topological polar surface area (TPSA) is 16.1 Å². The molecule has 12 rings (SSSR count). The largest absolute Gasteiger partial charge is 0.310 e. The summed E-state index contributed by atoms with van der Waals surface area (Å²) in [7, 11) is 0. The van der Waals surface area contributed by atoms with Crippen LogP contribution in [-0.4, -0.2) is 4.98 Å². The van der Waals surface area contributed by atoms with Crippen LogP contribution in [0.1, 0.15) is 22.3 Å². The molecule has 11 aromatic rings. The van der Waals surface area contributed by atoms with E-state index in [1.807, 2.05) is 0 Å². The Morgan fingerprint density at radius 3 is 1.67 bits per heavy atom. The van der Waals surface area contributed by atoms with E-state index in [4.69, 9.17) is 4.98 Å². The lowest BCUT2D eigenvalue weighted by Gasteiger charge is -2.35. The minimum atomic E-state index is -0.513. The number of anilines is 3. The van der Waals surface area contributed by atoms with E-state index in [2.05, 4.69) is 248 Å². The van der Waals surface area contributed by atoms with Gasteiger partial charge in [0.2, 0.25) is 0 Å². The second-order valence-electron chi connectivity index (χ2n) is 16.3. The fraction of sp³-hybridized carbons (Fsp3) is 0.0167. The SMILES string of the molecule is c1ccc(-c2ccc(-c3nc4ccc(N(c5ccc(-c6cccc7ccccc67)cc5)c5ccc6c(c5)C(c5ccccc5)(c5ccccc5)c5ccccc5-6)cc4s3)cc2)cc1. The zero-order chi connectivity index (χ0) is 41.7. The van der Waals surface area contributed by atoms with Gasteiger partial charge in [-0.1, -0.05) is 200 Å². The van der Waals surface area contributed by atoms with E-state index >= 15 is 0 Å². The van der Waals surface area contributed by atoms with Crippen LogP contribution >= 0.6 is 11.3 Å². The van der Waals surface area contributed by atoms with Crippen LogP contribution in [0.5, 0.6) is 0 Å². The molecule has 0 fully saturated rings. The van der Waals surface area contributed by atoms with Gasteiger partial charge in [0.25, 0.3) is 0 Å². The van der Waals surface area contributed by atoms with E-state index in [0.717, 1.165) is 37.8 Å². The highest BCUT2D eigenvalue weighted by atomic mass is 32.1. The predicted molar refractivity (Wildman–Crippen MR) is 265 cm³/mol. The smallest absolute Gasteiger partial charge is 0.124 e. The molecule has 1 heterocycles. The van der Waals surface area contributed by atoms with Crippen molar-refractivity contribution >= 4 is 49.4 Å². The van der Waals surface area contributed by atoms with E-state index in [0.29, 0.717) is 0 Å². The molecule has 1 aliphatic rings. The molecular weight excluding hydrogens is 781 g/mol. The summed E-state index contributed by atoms with van der Waals surface area (Å²) in [6.45, 7) is 0. The summed E-state index contributed by atoms with van der Waals surface area (Å²) >= 11 is 1.74. The Morgan fingerprint density at radius 1 is 0.365 bits per heavy atom. The minimum Gasteiger partial charge on any atom is -0.310 e. The van der Waals surface area contributed by atoms with Crippen molar-refractivity contribution < 1.29 is 0 Å². The van der Waals surface area contributed by atoms with Crippen LogP contribution < -0.4 is 4.90 Å². The van der Waals surface area contributed by atoms with Crippen LogP contribution in [-0.2, 0) is 5.41 Å². The lowest BCUT2D eigenvalue weighted by Crippen LogP contribution is -2.28. The summed E-state index contributed by atoms with van der Waals surface area (Å²) in [6.07, 6.45) is 0. The highest BCUT2D eigenvalue weighted by molar-refractivity contribution is 7.21. The molecule has 63 heavy (non-hydrogen) atoms. The average Bonchev–Trinajstić information content (AvgIpc) is 3.92. The first-order valence-electron chi connectivity index (χ1n) is 21.5. The molecule has 1 aliphatic carbocycles. The second kappa shape index (κ2) is 15.3. The third-order valence-corrected chi connectivity index (χ3v) is 13.9. The molecule has 0 bridgehead atoms. The van der Waals surface area contributed by atoms with Crippen LogP contribution in [0.25, 0.3) is 64.9 Å². The van der Waals surface area contributed by atoms with Crippen molar-refractivity contribution in [2.24, 2.45) is 0 Å². The fourth-order valence-electron chi connectivity index (χ4n) is 9.90. The average molecular weight is 821 g/mol. The summed E-state index contributed by atoms with van der Waals surface area (Å²) < 4.78 is 1.14. The standard InChI is InChI=1S/C60H40N2S/c1-4-15-41(16-5-1)42-27-29-45(30-28-42)59-61-57-38-36-50(40-58(57)63-59)62(48-33-31-44(32-34-48)52-25-14-18-43-17-10-11-23-51(43)52)49-35-37-54-53-24-12-13-26-55(53)60(56(54)39-49,46-19-6-2-7-20-46)47-21-8-3-9-22-47/h1-40H. The Bertz CT molecular complexity index is 3380. The minimum absolute atomic E-state index is 0.513. The van der Waals surface area contributed by atoms with E-state index in [1.54, 1.807) is 11.3 Å². The van der Waals surface area contributed by atoms with Gasteiger partial charge in [0.05, 0.1) is 15.6 Å². The van der Waals surface area contributed by atoms with Crippen molar-refractivity contribution in [3.05, 3.63) is 265 Å². The molecule has 0 atom stereocenters. The summed E-state index contributed by atoms with van der Waals surface area (Å²) in [5.74, 6) is 0. The Morgan fingerprint density at radius 2 is 0.905 bits per heavy atom. The quantitative estimate of drug-likeness (QED) is 0.152. The molecule has 0 aliphatic heterocycles. The Labute approximate surface area is 371 Å². The lowest BCUT2D eigenvalue weighted by atomic mass is 9.67. The number of fused-ring (bicyclic) bond motifs is 5. The zero-order valence-corrected chi connectivity index (χ0v) is 35.2. The number of hydrogen-bond acceptors (Lipinski definition) is 3. The number of aromatic nitrogens is 1. The molecular formula is C60H40N2S. The van der Waals surface area contributed by atoms with E-state index in [1.165, 1.54) is 66.4 Å². The molecule has 0 spiro atoms. The van der Waals surface area contributed by atoms with Crippen molar-refractivity contribution in [2.45, 2.75) is 5.41 Å². The maximum absolute atomic E-state index is 5.16. The number of thiazole rings is 1. The van der Waals surface area contributed by atoms with Gasteiger partial charge in [-0.05, 0) is 109 Å². The van der Waals surface area contributed by atoms with E-state index in [9.17, 15) is 0 Å². The van der Waals surface area contributed by atoms with Crippen molar-refractivity contribution in [3.63, 3.8) is 0 Å². The van der Waals surface area contributed by atoms with Crippen LogP contribution in [0, 0.1) is 0 Å². The molecule has 1 aromatic heterocycles. The molecule has 2 nitrogen and oxygen atoms in total. The van der Waals surface area contributed by atoms with Gasteiger partial charge in [0.15, 0.2) is 0 Å². The monoisotopic (exact) mass is 820 g/mol. The normalized spacial score (nSPS) is 12.6. The van der Waals surface area contributed by atoms with Crippen molar-refractivity contribution in [1.82, 2.24) is 4.98 Å². The first kappa shape index (κ1) is 37.0. The van der Waals surface area contributed by atoms with Crippen molar-refractivity contribution in [1.29, 1.82) is 0 Å². The fourth-order valence-corrected chi connectivity index (χ4v) is 10.9. The van der Waals surface area contributed by atoms with Gasteiger partial charge in [0.1, 0.15) is 5.01 Å². The molecule has 0 saturated heterocycles. The first-order chi connectivity index (χ1) is 31.2. The van der Waals surface area contributed by atoms with Gasteiger partial charge in [-0.2, -0.15) is 0 Å². The molecule has 3 heteroatoms. The molecule has 0 N–H and O–H groups in total. The van der Waals surface area contributed by atoms with Crippen molar-refractivity contribution in [2.75, 3.05) is 4.90 Å². The van der Waals surface area contributed by atoms with Gasteiger partial charge < -0.3 is 4.90 Å². The molecule has 0 amide bonds. The van der Waals surface area contributed by atoms with Gasteiger partial charge in [0, 0.05) is 22.6 Å². The maximum atomic E-state index is 5.16. The Kier molecular flexibility index (Phi) is 8.95. The number of benzene rings is 10. The summed E-state index contributed by atoms with van der Waals surface area (Å²) in [5.41, 5.74) is 17.3. The lowest BCUT2D eigenvalue weighted by molar-refractivity contribution is 0.768. The third-order valence-electron chi connectivity index (χ3n) is 12.8. The summed E-state index contributed by atoms with van der Waals surface area (Å²) in [5, 5.41) is 3.50. The number of nitrogens with zero attached hydrogens (tertiary/aromatic N) is 2. The van der Waals surface area contributed by atoms with Crippen molar-refractivity contribution in [3.8, 4) is 44.0 Å². The van der Waals surface area contributed by atoms with E-state index in [-0.39, 0.29) is 0 Å². The first-order valence-corrected chi connectivity index (χ1v) is 22.3. The Balaban J connectivity index is 1.03. The second-order valence-corrected chi connectivity index (χ2v) is 17.3. The highest BCUT2D eigenvalue weighted by Crippen LogP contribution is 2.57. The zero-order valence-electron chi connectivity index (χ0n) is 34.4. The third kappa shape index (κ3) is 6.20. The van der Waals surface area contributed by atoms with Crippen LogP contribution in [0.4, 0.5) is 17.1 Å². The van der Waals surface area contributed by atoms with E-state index < -0.39 is 5.41 Å². The molecule has 10 aromatic carbocycles. The number of hydrogen-bond donors (Lipinski definition) is 0.